The Labute approximate surface area is 162 Å². The van der Waals surface area contributed by atoms with Crippen molar-refractivity contribution in [3.05, 3.63) is 54.6 Å². The minimum absolute atomic E-state index is 0.432. The first-order valence-electron chi connectivity index (χ1n) is 7.13. The molecule has 0 fully saturated rings. The summed E-state index contributed by atoms with van der Waals surface area (Å²) in [6.07, 6.45) is -1.19. The third-order valence-electron chi connectivity index (χ3n) is 3.07. The summed E-state index contributed by atoms with van der Waals surface area (Å²) in [6, 6.07) is 15.7. The second kappa shape index (κ2) is 7.66. The number of anilines is 1. The Hall–Kier alpha value is -1.73. The maximum atomic E-state index is 12.2. The van der Waals surface area contributed by atoms with Gasteiger partial charge in [-0.15, -0.1) is 0 Å². The zero-order valence-corrected chi connectivity index (χ0v) is 15.7. The van der Waals surface area contributed by atoms with Gasteiger partial charge >= 0.3 is 6.03 Å². The van der Waals surface area contributed by atoms with Crippen molar-refractivity contribution in [3.63, 3.8) is 0 Å². The first-order chi connectivity index (χ1) is 11.9. The monoisotopic (exact) mass is 415 g/mol. The number of hydrogen-bond acceptors (Lipinski definition) is 4. The largest absolute Gasteiger partial charge is 0.466 e. The fourth-order valence-corrected chi connectivity index (χ4v) is 3.15. The predicted octanol–water partition coefficient (Wildman–Crippen LogP) is 5.19. The number of hydrogen-bond donors (Lipinski definition) is 2. The van der Waals surface area contributed by atoms with Crippen molar-refractivity contribution < 1.29 is 9.53 Å². The Morgan fingerprint density at radius 2 is 1.76 bits per heavy atom. The summed E-state index contributed by atoms with van der Waals surface area (Å²) >= 11 is 19.1. The number of aromatic nitrogens is 1. The lowest BCUT2D eigenvalue weighted by molar-refractivity contribution is 0.170. The van der Waals surface area contributed by atoms with Crippen LogP contribution in [-0.2, 0) is 0 Å². The standard InChI is InChI=1S/C16H12Cl3N3O2S/c17-16(18,19)13(24-10-6-2-1-3-7-10)21-14(23)22-15-20-11-8-4-5-9-12(11)25-15/h1-9,13H,(H2,20,21,22,23). The number of fused-ring (bicyclic) bond motifs is 1. The van der Waals surface area contributed by atoms with Gasteiger partial charge in [-0.25, -0.2) is 9.78 Å². The normalized spacial score (nSPS) is 12.6. The topological polar surface area (TPSA) is 63.2 Å². The van der Waals surface area contributed by atoms with Gasteiger partial charge in [-0.3, -0.25) is 10.6 Å². The smallest absolute Gasteiger partial charge is 0.323 e. The van der Waals surface area contributed by atoms with E-state index in [0.29, 0.717) is 10.9 Å². The minimum Gasteiger partial charge on any atom is -0.466 e. The molecule has 0 aliphatic rings. The molecule has 3 aromatic rings. The molecule has 2 amide bonds. The van der Waals surface area contributed by atoms with Crippen molar-refractivity contribution in [2.75, 3.05) is 5.32 Å². The Morgan fingerprint density at radius 1 is 1.08 bits per heavy atom. The van der Waals surface area contributed by atoms with Gasteiger partial charge in [0, 0.05) is 0 Å². The highest BCUT2D eigenvalue weighted by Gasteiger charge is 2.36. The second-order valence-corrected chi connectivity index (χ2v) is 8.34. The van der Waals surface area contributed by atoms with E-state index in [1.807, 2.05) is 30.3 Å². The van der Waals surface area contributed by atoms with Crippen molar-refractivity contribution >= 4 is 67.5 Å². The van der Waals surface area contributed by atoms with Crippen LogP contribution in [0.15, 0.2) is 54.6 Å². The van der Waals surface area contributed by atoms with Crippen LogP contribution in [0.25, 0.3) is 10.2 Å². The Balaban J connectivity index is 1.69. The average Bonchev–Trinajstić information content (AvgIpc) is 2.96. The third kappa shape index (κ3) is 4.89. The van der Waals surface area contributed by atoms with Crippen LogP contribution in [0.1, 0.15) is 0 Å². The van der Waals surface area contributed by atoms with Crippen LogP contribution in [0.2, 0.25) is 0 Å². The number of alkyl halides is 3. The summed E-state index contributed by atoms with van der Waals surface area (Å²) in [7, 11) is 0. The summed E-state index contributed by atoms with van der Waals surface area (Å²) < 4.78 is 4.66. The lowest BCUT2D eigenvalue weighted by Gasteiger charge is -2.26. The lowest BCUT2D eigenvalue weighted by Crippen LogP contribution is -2.49. The van der Waals surface area contributed by atoms with E-state index in [2.05, 4.69) is 15.6 Å². The highest BCUT2D eigenvalue weighted by molar-refractivity contribution is 7.22. The molecule has 0 saturated heterocycles. The molecule has 2 aromatic carbocycles. The second-order valence-electron chi connectivity index (χ2n) is 4.94. The summed E-state index contributed by atoms with van der Waals surface area (Å²) in [6.45, 7) is 0. The van der Waals surface area contributed by atoms with Gasteiger partial charge in [0.25, 0.3) is 0 Å². The van der Waals surface area contributed by atoms with Crippen LogP contribution in [0.5, 0.6) is 5.75 Å². The number of rotatable bonds is 4. The number of para-hydroxylation sites is 2. The van der Waals surface area contributed by atoms with Gasteiger partial charge in [-0.2, -0.15) is 0 Å². The predicted molar refractivity (Wildman–Crippen MR) is 103 cm³/mol. The molecule has 0 spiro atoms. The van der Waals surface area contributed by atoms with E-state index in [1.54, 1.807) is 24.3 Å². The van der Waals surface area contributed by atoms with Crippen molar-refractivity contribution in [1.82, 2.24) is 10.3 Å². The molecule has 1 aromatic heterocycles. The molecule has 0 aliphatic carbocycles. The van der Waals surface area contributed by atoms with Crippen LogP contribution < -0.4 is 15.4 Å². The molecule has 3 rings (SSSR count). The molecule has 130 valence electrons. The van der Waals surface area contributed by atoms with Crippen molar-refractivity contribution in [2.45, 2.75) is 10.0 Å². The molecular weight excluding hydrogens is 405 g/mol. The number of amides is 2. The van der Waals surface area contributed by atoms with E-state index in [0.717, 1.165) is 10.2 Å². The van der Waals surface area contributed by atoms with E-state index in [9.17, 15) is 4.79 Å². The Morgan fingerprint density at radius 3 is 2.44 bits per heavy atom. The summed E-state index contributed by atoms with van der Waals surface area (Å²) in [4.78, 5) is 16.5. The van der Waals surface area contributed by atoms with E-state index in [4.69, 9.17) is 39.5 Å². The SMILES string of the molecule is O=C(Nc1nc2ccccc2s1)NC(Oc1ccccc1)C(Cl)(Cl)Cl. The Bertz CT molecular complexity index is 835. The van der Waals surface area contributed by atoms with E-state index in [1.165, 1.54) is 11.3 Å². The van der Waals surface area contributed by atoms with Crippen LogP contribution >= 0.6 is 46.1 Å². The van der Waals surface area contributed by atoms with Gasteiger partial charge in [0.05, 0.1) is 10.2 Å². The molecule has 0 radical (unpaired) electrons. The molecule has 0 bridgehead atoms. The van der Waals surface area contributed by atoms with Crippen molar-refractivity contribution in [1.29, 1.82) is 0 Å². The van der Waals surface area contributed by atoms with E-state index >= 15 is 0 Å². The van der Waals surface area contributed by atoms with Gasteiger partial charge in [0.1, 0.15) is 5.75 Å². The fraction of sp³-hybridized carbons (Fsp3) is 0.125. The van der Waals surface area contributed by atoms with Crippen molar-refractivity contribution in [3.8, 4) is 5.75 Å². The van der Waals surface area contributed by atoms with Crippen LogP contribution in [0.4, 0.5) is 9.93 Å². The zero-order chi connectivity index (χ0) is 17.9. The van der Waals surface area contributed by atoms with Gasteiger partial charge < -0.3 is 4.74 Å². The number of thiazole rings is 1. The quantitative estimate of drug-likeness (QED) is 0.454. The number of urea groups is 1. The number of carbonyl (C=O) groups is 1. The lowest BCUT2D eigenvalue weighted by atomic mass is 10.3. The molecule has 9 heteroatoms. The first kappa shape index (κ1) is 18.1. The minimum atomic E-state index is -1.86. The number of benzene rings is 2. The number of nitrogens with zero attached hydrogens (tertiary/aromatic N) is 1. The molecule has 25 heavy (non-hydrogen) atoms. The highest BCUT2D eigenvalue weighted by Crippen LogP contribution is 2.32. The molecule has 0 aliphatic heterocycles. The zero-order valence-electron chi connectivity index (χ0n) is 12.6. The summed E-state index contributed by atoms with van der Waals surface area (Å²) in [5.74, 6) is 0.458. The van der Waals surface area contributed by atoms with Gasteiger partial charge in [0.15, 0.2) is 5.13 Å². The average molecular weight is 417 g/mol. The molecule has 5 nitrogen and oxygen atoms in total. The van der Waals surface area contributed by atoms with E-state index in [-0.39, 0.29) is 0 Å². The third-order valence-corrected chi connectivity index (χ3v) is 4.62. The fourth-order valence-electron chi connectivity index (χ4n) is 1.99. The number of nitrogens with one attached hydrogen (secondary N) is 2. The molecule has 0 saturated carbocycles. The number of ether oxygens (including phenoxy) is 1. The van der Waals surface area contributed by atoms with Gasteiger partial charge in [0.2, 0.25) is 10.0 Å². The van der Waals surface area contributed by atoms with Gasteiger partial charge in [-0.1, -0.05) is 76.5 Å². The van der Waals surface area contributed by atoms with E-state index < -0.39 is 16.1 Å². The maximum Gasteiger partial charge on any atom is 0.323 e. The molecule has 1 atom stereocenters. The number of halogens is 3. The van der Waals surface area contributed by atoms with Crippen molar-refractivity contribution in [2.24, 2.45) is 0 Å². The molecular formula is C16H12Cl3N3O2S. The molecule has 2 N–H and O–H groups in total. The number of carbonyl (C=O) groups excluding carboxylic acids is 1. The Kier molecular flexibility index (Phi) is 5.54. The highest BCUT2D eigenvalue weighted by atomic mass is 35.6. The molecule has 1 heterocycles. The summed E-state index contributed by atoms with van der Waals surface area (Å²) in [5, 5.41) is 5.55. The van der Waals surface area contributed by atoms with Gasteiger partial charge in [-0.05, 0) is 24.3 Å². The molecule has 1 unspecified atom stereocenters. The maximum absolute atomic E-state index is 12.2. The van der Waals surface area contributed by atoms with Crippen LogP contribution in [0.3, 0.4) is 0 Å². The van der Waals surface area contributed by atoms with Crippen LogP contribution in [-0.4, -0.2) is 21.0 Å². The summed E-state index contributed by atoms with van der Waals surface area (Å²) in [5.41, 5.74) is 0.793. The van der Waals surface area contributed by atoms with Crippen LogP contribution in [0, 0.1) is 0 Å². The first-order valence-corrected chi connectivity index (χ1v) is 9.08.